The predicted octanol–water partition coefficient (Wildman–Crippen LogP) is 11.1. The largest absolute Gasteiger partial charge is 0.487 e. The molecule has 0 radical (unpaired) electrons. The van der Waals surface area contributed by atoms with E-state index in [1.807, 2.05) is 29.5 Å². The van der Waals surface area contributed by atoms with Gasteiger partial charge in [-0.05, 0) is 61.9 Å². The fourth-order valence-electron chi connectivity index (χ4n) is 6.79. The Labute approximate surface area is 266 Å². The van der Waals surface area contributed by atoms with Gasteiger partial charge in [0.2, 0.25) is 0 Å². The Kier molecular flexibility index (Phi) is 5.58. The Bertz CT molecular complexity index is 2690. The van der Waals surface area contributed by atoms with Crippen LogP contribution in [0.15, 0.2) is 97.1 Å². The Morgan fingerprint density at radius 3 is 2.24 bits per heavy atom. The predicted molar refractivity (Wildman–Crippen MR) is 194 cm³/mol. The molecule has 0 saturated heterocycles. The van der Waals surface area contributed by atoms with Crippen molar-refractivity contribution in [2.75, 3.05) is 0 Å². The molecule has 0 aliphatic heterocycles. The summed E-state index contributed by atoms with van der Waals surface area (Å²) in [5.74, 6) is 1.55. The van der Waals surface area contributed by atoms with E-state index in [0.717, 1.165) is 48.7 Å². The summed E-state index contributed by atoms with van der Waals surface area (Å²) in [7, 11) is 0. The third kappa shape index (κ3) is 3.84. The summed E-state index contributed by atoms with van der Waals surface area (Å²) >= 11 is 3.51. The van der Waals surface area contributed by atoms with Crippen molar-refractivity contribution in [2.45, 2.75) is 26.4 Å². The zero-order valence-corrected chi connectivity index (χ0v) is 26.6. The Hall–Kier alpha value is -4.98. The lowest BCUT2D eigenvalue weighted by Gasteiger charge is -2.21. The van der Waals surface area contributed by atoms with Gasteiger partial charge < -0.3 is 19.7 Å². The number of hydrogen-bond donors (Lipinski definition) is 2. The van der Waals surface area contributed by atoms with Crippen LogP contribution in [-0.4, -0.2) is 26.4 Å². The van der Waals surface area contributed by atoms with Gasteiger partial charge in [0.05, 0.1) is 26.8 Å². The topological polar surface area (TPSA) is 66.7 Å². The van der Waals surface area contributed by atoms with Crippen LogP contribution in [0.25, 0.3) is 78.9 Å². The number of nitrogens with zero attached hydrogens (tertiary/aromatic N) is 2. The number of aromatic nitrogens is 3. The number of allylic oxidation sites excluding steroid dienone is 1. The van der Waals surface area contributed by atoms with Gasteiger partial charge in [0, 0.05) is 37.2 Å². The molecule has 9 rings (SSSR count). The fraction of sp³-hybridized carbons (Fsp3) is 0.105. The molecule has 0 atom stereocenters. The molecule has 0 bridgehead atoms. The first-order valence-electron chi connectivity index (χ1n) is 15.0. The minimum absolute atomic E-state index is 0.339. The third-order valence-corrected chi connectivity index (χ3v) is 10.6. The molecule has 9 aromatic rings. The summed E-state index contributed by atoms with van der Waals surface area (Å²) in [5, 5.41) is 16.7. The van der Waals surface area contributed by atoms with E-state index >= 15 is 0 Å². The van der Waals surface area contributed by atoms with Gasteiger partial charge in [-0.15, -0.1) is 22.7 Å². The number of benzene rings is 5. The van der Waals surface area contributed by atoms with Crippen molar-refractivity contribution in [1.82, 2.24) is 14.5 Å². The summed E-state index contributed by atoms with van der Waals surface area (Å²) in [4.78, 5) is 9.89. The normalized spacial score (nSPS) is 13.0. The molecule has 5 nitrogen and oxygen atoms in total. The average molecular weight is 621 g/mol. The highest BCUT2D eigenvalue weighted by Gasteiger charge is 2.25. The van der Waals surface area contributed by atoms with Crippen molar-refractivity contribution >= 4 is 108 Å². The smallest absolute Gasteiger partial charge is 0.156 e. The second kappa shape index (κ2) is 9.51. The van der Waals surface area contributed by atoms with Crippen molar-refractivity contribution in [3.05, 3.63) is 103 Å². The number of thiophene rings is 2. The van der Waals surface area contributed by atoms with E-state index < -0.39 is 0 Å². The Morgan fingerprint density at radius 2 is 1.47 bits per heavy atom. The lowest BCUT2D eigenvalue weighted by atomic mass is 9.99. The molecule has 4 heterocycles. The Balaban J connectivity index is 1.41. The molecule has 0 saturated carbocycles. The molecule has 0 aliphatic carbocycles. The number of para-hydroxylation sites is 1. The lowest BCUT2D eigenvalue weighted by molar-refractivity contribution is 0.133. The number of fused-ring (bicyclic) bond motifs is 13. The molecule has 0 unspecified atom stereocenters. The molecular formula is C38H28N4OS2. The van der Waals surface area contributed by atoms with Crippen molar-refractivity contribution < 1.29 is 4.74 Å². The molecule has 2 N–H and O–H groups in total. The number of rotatable bonds is 4. The molecule has 0 aliphatic rings. The first-order chi connectivity index (χ1) is 21.9. The van der Waals surface area contributed by atoms with Gasteiger partial charge >= 0.3 is 0 Å². The summed E-state index contributed by atoms with van der Waals surface area (Å²) in [6.07, 6.45) is 3.22. The fourth-order valence-corrected chi connectivity index (χ4v) is 9.11. The number of ether oxygens (including phenoxy) is 1. The lowest BCUT2D eigenvalue weighted by Crippen LogP contribution is -2.22. The number of imidazole rings is 1. The van der Waals surface area contributed by atoms with E-state index in [2.05, 4.69) is 109 Å². The van der Waals surface area contributed by atoms with E-state index in [1.54, 1.807) is 11.3 Å². The first kappa shape index (κ1) is 26.4. The second-order valence-electron chi connectivity index (χ2n) is 12.4. The summed E-state index contributed by atoms with van der Waals surface area (Å²) < 4.78 is 12.3. The minimum Gasteiger partial charge on any atom is -0.487 e. The zero-order chi connectivity index (χ0) is 30.4. The van der Waals surface area contributed by atoms with Gasteiger partial charge in [0.15, 0.2) is 5.82 Å². The highest BCUT2D eigenvalue weighted by molar-refractivity contribution is 7.27. The van der Waals surface area contributed by atoms with Crippen LogP contribution < -0.4 is 4.74 Å². The molecule has 4 aromatic heterocycles. The van der Waals surface area contributed by atoms with E-state index in [1.165, 1.54) is 47.9 Å². The Morgan fingerprint density at radius 1 is 0.778 bits per heavy atom. The van der Waals surface area contributed by atoms with Gasteiger partial charge in [-0.25, -0.2) is 4.98 Å². The van der Waals surface area contributed by atoms with Crippen LogP contribution >= 0.6 is 22.7 Å². The maximum atomic E-state index is 8.27. The number of aromatic amines is 1. The standard InChI is InChI=1S/C38H28N4OS2/c1-38(2,3)43-27-16-10-18-29-32(27)33-37(45-29)41-36(40-33)26(19-20-39)42-25-15-8-6-13-23(25)30-21-11-4-5-12-22(21)31-24-14-7-9-17-28(24)44-35(31)34(30)42/h4-20,39H,1-3H3,(H,40,41)/b26-19+,39-20?. The van der Waals surface area contributed by atoms with Crippen LogP contribution in [0.3, 0.4) is 0 Å². The third-order valence-electron chi connectivity index (χ3n) is 8.40. The minimum atomic E-state index is -0.339. The van der Waals surface area contributed by atoms with Crippen LogP contribution in [0.1, 0.15) is 26.6 Å². The van der Waals surface area contributed by atoms with Gasteiger partial charge in [-0.1, -0.05) is 66.7 Å². The molecule has 7 heteroatoms. The monoisotopic (exact) mass is 620 g/mol. The molecular weight excluding hydrogens is 593 g/mol. The molecule has 0 fully saturated rings. The van der Waals surface area contributed by atoms with Crippen LogP contribution in [0.2, 0.25) is 0 Å². The number of H-pyrrole nitrogens is 1. The molecule has 218 valence electrons. The van der Waals surface area contributed by atoms with Gasteiger partial charge in [-0.2, -0.15) is 0 Å². The van der Waals surface area contributed by atoms with Crippen LogP contribution in [0.5, 0.6) is 5.75 Å². The summed E-state index contributed by atoms with van der Waals surface area (Å²) in [6, 6.07) is 32.2. The van der Waals surface area contributed by atoms with Crippen molar-refractivity contribution in [3.8, 4) is 5.75 Å². The van der Waals surface area contributed by atoms with Crippen LogP contribution in [-0.2, 0) is 0 Å². The number of nitrogens with one attached hydrogen (secondary N) is 2. The summed E-state index contributed by atoms with van der Waals surface area (Å²) in [6.45, 7) is 6.20. The first-order valence-corrected chi connectivity index (χ1v) is 16.6. The zero-order valence-electron chi connectivity index (χ0n) is 24.9. The van der Waals surface area contributed by atoms with Crippen molar-refractivity contribution in [2.24, 2.45) is 0 Å². The molecule has 45 heavy (non-hydrogen) atoms. The highest BCUT2D eigenvalue weighted by Crippen LogP contribution is 2.48. The second-order valence-corrected chi connectivity index (χ2v) is 14.5. The SMILES string of the molecule is CC(C)(C)Oc1cccc2sc3[nH]c(/C(=C\C=N)n4c5ccccc5c5c6ccccc6c6c7ccccc7sc6c54)nc3c12. The molecule has 5 aromatic carbocycles. The molecule has 0 spiro atoms. The highest BCUT2D eigenvalue weighted by atomic mass is 32.1. The quantitative estimate of drug-likeness (QED) is 0.192. The maximum Gasteiger partial charge on any atom is 0.156 e. The van der Waals surface area contributed by atoms with Crippen LogP contribution in [0.4, 0.5) is 0 Å². The van der Waals surface area contributed by atoms with E-state index in [0.29, 0.717) is 0 Å². The number of hydrogen-bond acceptors (Lipinski definition) is 5. The maximum absolute atomic E-state index is 8.27. The molecule has 0 amide bonds. The van der Waals surface area contributed by atoms with Gasteiger partial charge in [0.25, 0.3) is 0 Å². The van der Waals surface area contributed by atoms with Gasteiger partial charge in [-0.3, -0.25) is 0 Å². The summed E-state index contributed by atoms with van der Waals surface area (Å²) in [5.41, 5.74) is 3.60. The average Bonchev–Trinajstić information content (AvgIpc) is 3.78. The van der Waals surface area contributed by atoms with E-state index in [4.69, 9.17) is 15.1 Å². The van der Waals surface area contributed by atoms with Crippen molar-refractivity contribution in [3.63, 3.8) is 0 Å². The van der Waals surface area contributed by atoms with E-state index in [9.17, 15) is 0 Å². The van der Waals surface area contributed by atoms with Gasteiger partial charge in [0.1, 0.15) is 21.7 Å². The van der Waals surface area contributed by atoms with Crippen LogP contribution in [0, 0.1) is 5.41 Å². The van der Waals surface area contributed by atoms with Crippen molar-refractivity contribution in [1.29, 1.82) is 5.41 Å². The van der Waals surface area contributed by atoms with E-state index in [-0.39, 0.29) is 5.60 Å².